The minimum absolute atomic E-state index is 0.0718. The smallest absolute Gasteiger partial charge is 0.335 e. The van der Waals surface area contributed by atoms with Crippen molar-refractivity contribution in [1.29, 1.82) is 0 Å². The van der Waals surface area contributed by atoms with E-state index in [1.165, 1.54) is 0 Å². The van der Waals surface area contributed by atoms with E-state index < -0.39 is 12.1 Å². The van der Waals surface area contributed by atoms with Crippen molar-refractivity contribution in [2.45, 2.75) is 25.0 Å². The van der Waals surface area contributed by atoms with Crippen molar-refractivity contribution < 1.29 is 14.6 Å². The van der Waals surface area contributed by atoms with Crippen LogP contribution in [0.2, 0.25) is 0 Å². The third-order valence-electron chi connectivity index (χ3n) is 1.86. The van der Waals surface area contributed by atoms with Crippen LogP contribution >= 0.6 is 0 Å². The summed E-state index contributed by atoms with van der Waals surface area (Å²) in [4.78, 5) is 10.2. The number of hydrogen-bond donors (Lipinski definition) is 1. The maximum absolute atomic E-state index is 10.2. The highest BCUT2D eigenvalue weighted by atomic mass is 16.6. The Labute approximate surface area is 52.6 Å². The SMILES string of the molecule is O=C(O)C1OC1C1CC1. The van der Waals surface area contributed by atoms with Crippen molar-refractivity contribution in [3.63, 3.8) is 0 Å². The van der Waals surface area contributed by atoms with Gasteiger partial charge in [-0.05, 0) is 18.8 Å². The first kappa shape index (κ1) is 5.23. The van der Waals surface area contributed by atoms with Gasteiger partial charge in [0.25, 0.3) is 0 Å². The average molecular weight is 128 g/mol. The summed E-state index contributed by atoms with van der Waals surface area (Å²) in [5, 5.41) is 8.38. The summed E-state index contributed by atoms with van der Waals surface area (Å²) in [6.45, 7) is 0. The number of hydrogen-bond acceptors (Lipinski definition) is 2. The summed E-state index contributed by atoms with van der Waals surface area (Å²) in [6.07, 6.45) is 1.93. The Hall–Kier alpha value is -0.570. The fourth-order valence-corrected chi connectivity index (χ4v) is 1.11. The standard InChI is InChI=1S/C6H8O3/c7-6(8)5-4(9-5)3-1-2-3/h3-5H,1-2H2,(H,7,8). The number of carboxylic acids is 1. The van der Waals surface area contributed by atoms with Gasteiger partial charge in [-0.15, -0.1) is 0 Å². The molecule has 0 spiro atoms. The van der Waals surface area contributed by atoms with Gasteiger partial charge in [-0.3, -0.25) is 0 Å². The second-order valence-corrected chi connectivity index (χ2v) is 2.70. The van der Waals surface area contributed by atoms with Gasteiger partial charge in [-0.2, -0.15) is 0 Å². The van der Waals surface area contributed by atoms with Crippen LogP contribution in [-0.2, 0) is 9.53 Å². The first-order chi connectivity index (χ1) is 4.29. The zero-order chi connectivity index (χ0) is 6.43. The Morgan fingerprint density at radius 1 is 1.56 bits per heavy atom. The van der Waals surface area contributed by atoms with E-state index in [2.05, 4.69) is 0 Å². The monoisotopic (exact) mass is 128 g/mol. The number of ether oxygens (including phenoxy) is 1. The van der Waals surface area contributed by atoms with E-state index in [4.69, 9.17) is 9.84 Å². The van der Waals surface area contributed by atoms with E-state index in [1.807, 2.05) is 0 Å². The van der Waals surface area contributed by atoms with Gasteiger partial charge in [-0.25, -0.2) is 4.79 Å². The highest BCUT2D eigenvalue weighted by Gasteiger charge is 2.53. The molecular weight excluding hydrogens is 120 g/mol. The Morgan fingerprint density at radius 2 is 2.22 bits per heavy atom. The van der Waals surface area contributed by atoms with Crippen LogP contribution in [0.1, 0.15) is 12.8 Å². The summed E-state index contributed by atoms with van der Waals surface area (Å²) in [7, 11) is 0. The van der Waals surface area contributed by atoms with Crippen molar-refractivity contribution in [3.8, 4) is 0 Å². The highest BCUT2D eigenvalue weighted by Crippen LogP contribution is 2.44. The van der Waals surface area contributed by atoms with Crippen LogP contribution in [0, 0.1) is 5.92 Å². The number of epoxide rings is 1. The van der Waals surface area contributed by atoms with Crippen molar-refractivity contribution in [3.05, 3.63) is 0 Å². The van der Waals surface area contributed by atoms with Crippen LogP contribution in [0.4, 0.5) is 0 Å². The second kappa shape index (κ2) is 1.48. The first-order valence-electron chi connectivity index (χ1n) is 3.17. The molecule has 0 aromatic carbocycles. The lowest BCUT2D eigenvalue weighted by atomic mass is 10.2. The predicted octanol–water partition coefficient (Wildman–Crippen LogP) is 0.248. The molecule has 0 aromatic heterocycles. The van der Waals surface area contributed by atoms with E-state index in [0.29, 0.717) is 5.92 Å². The van der Waals surface area contributed by atoms with Crippen LogP contribution in [0.5, 0.6) is 0 Å². The molecule has 1 N–H and O–H groups in total. The molecule has 2 aliphatic rings. The third kappa shape index (κ3) is 0.812. The second-order valence-electron chi connectivity index (χ2n) is 2.70. The summed E-state index contributed by atoms with van der Waals surface area (Å²) in [5.41, 5.74) is 0. The molecule has 0 bridgehead atoms. The molecular formula is C6H8O3. The van der Waals surface area contributed by atoms with Gasteiger partial charge in [0, 0.05) is 0 Å². The molecule has 1 heterocycles. The largest absolute Gasteiger partial charge is 0.479 e. The maximum atomic E-state index is 10.2. The minimum atomic E-state index is -0.799. The molecule has 1 saturated carbocycles. The molecule has 50 valence electrons. The van der Waals surface area contributed by atoms with Crippen LogP contribution in [0.15, 0.2) is 0 Å². The molecule has 2 atom stereocenters. The van der Waals surface area contributed by atoms with Crippen molar-refractivity contribution >= 4 is 5.97 Å². The zero-order valence-electron chi connectivity index (χ0n) is 4.91. The van der Waals surface area contributed by atoms with E-state index in [1.54, 1.807) is 0 Å². The summed E-state index contributed by atoms with van der Waals surface area (Å²) in [5.74, 6) is -0.224. The number of carboxylic acid groups (broad SMARTS) is 1. The topological polar surface area (TPSA) is 49.8 Å². The van der Waals surface area contributed by atoms with Gasteiger partial charge in [0.05, 0.1) is 6.10 Å². The molecule has 1 saturated heterocycles. The zero-order valence-corrected chi connectivity index (χ0v) is 4.91. The molecule has 2 rings (SSSR count). The van der Waals surface area contributed by atoms with Crippen LogP contribution in [0.25, 0.3) is 0 Å². The van der Waals surface area contributed by atoms with Crippen LogP contribution in [-0.4, -0.2) is 23.3 Å². The van der Waals surface area contributed by atoms with Gasteiger partial charge in [0.2, 0.25) is 0 Å². The molecule has 1 aliphatic heterocycles. The van der Waals surface area contributed by atoms with Crippen molar-refractivity contribution in [2.24, 2.45) is 5.92 Å². The molecule has 2 unspecified atom stereocenters. The average Bonchev–Trinajstić information content (AvgIpc) is 2.60. The number of aliphatic carboxylic acids is 1. The molecule has 1 aliphatic carbocycles. The highest BCUT2D eigenvalue weighted by molar-refractivity contribution is 5.75. The summed E-state index contributed by atoms with van der Waals surface area (Å²) < 4.78 is 4.90. The predicted molar refractivity (Wildman–Crippen MR) is 29.0 cm³/mol. The maximum Gasteiger partial charge on any atom is 0.335 e. The van der Waals surface area contributed by atoms with E-state index in [0.717, 1.165) is 12.8 Å². The Kier molecular flexibility index (Phi) is 0.858. The Balaban J connectivity index is 1.87. The lowest BCUT2D eigenvalue weighted by Crippen LogP contribution is -2.08. The van der Waals surface area contributed by atoms with Gasteiger partial charge in [0.1, 0.15) is 0 Å². The fourth-order valence-electron chi connectivity index (χ4n) is 1.11. The number of rotatable bonds is 2. The van der Waals surface area contributed by atoms with Crippen LogP contribution < -0.4 is 0 Å². The van der Waals surface area contributed by atoms with Gasteiger partial charge < -0.3 is 9.84 Å². The van der Waals surface area contributed by atoms with Gasteiger partial charge in [-0.1, -0.05) is 0 Å². The molecule has 0 radical (unpaired) electrons. The molecule has 0 aromatic rings. The molecule has 9 heavy (non-hydrogen) atoms. The van der Waals surface area contributed by atoms with Crippen LogP contribution in [0.3, 0.4) is 0 Å². The number of carbonyl (C=O) groups is 1. The third-order valence-corrected chi connectivity index (χ3v) is 1.86. The fraction of sp³-hybridized carbons (Fsp3) is 0.833. The summed E-state index contributed by atoms with van der Waals surface area (Å²) in [6, 6.07) is 0. The quantitative estimate of drug-likeness (QED) is 0.542. The van der Waals surface area contributed by atoms with E-state index in [-0.39, 0.29) is 6.10 Å². The van der Waals surface area contributed by atoms with Crippen molar-refractivity contribution in [1.82, 2.24) is 0 Å². The Morgan fingerprint density at radius 3 is 2.56 bits per heavy atom. The molecule has 2 fully saturated rings. The lowest BCUT2D eigenvalue weighted by molar-refractivity contribution is -0.138. The van der Waals surface area contributed by atoms with E-state index in [9.17, 15) is 4.79 Å². The normalized spacial score (nSPS) is 40.4. The molecule has 3 heteroatoms. The summed E-state index contributed by atoms with van der Waals surface area (Å²) >= 11 is 0. The van der Waals surface area contributed by atoms with Gasteiger partial charge in [0.15, 0.2) is 6.10 Å². The lowest BCUT2D eigenvalue weighted by Gasteiger charge is -1.80. The minimum Gasteiger partial charge on any atom is -0.479 e. The molecule has 3 nitrogen and oxygen atoms in total. The van der Waals surface area contributed by atoms with Gasteiger partial charge >= 0.3 is 5.97 Å². The van der Waals surface area contributed by atoms with Crippen molar-refractivity contribution in [2.75, 3.05) is 0 Å². The molecule has 0 amide bonds. The first-order valence-corrected chi connectivity index (χ1v) is 3.17. The Bertz CT molecular complexity index is 150. The van der Waals surface area contributed by atoms with E-state index >= 15 is 0 Å².